The van der Waals surface area contributed by atoms with Gasteiger partial charge in [0, 0.05) is 19.7 Å². The molecule has 0 bridgehead atoms. The van der Waals surface area contributed by atoms with E-state index < -0.39 is 16.0 Å². The molecule has 2 rings (SSSR count). The number of hydrogen-bond donors (Lipinski definition) is 1. The number of nitrogens with one attached hydrogen (secondary N) is 1. The maximum atomic E-state index is 12.5. The highest BCUT2D eigenvalue weighted by atomic mass is 35.5. The molecule has 0 aliphatic carbocycles. The van der Waals surface area contributed by atoms with Gasteiger partial charge in [0.1, 0.15) is 0 Å². The minimum absolute atomic E-state index is 0.0643. The van der Waals surface area contributed by atoms with Crippen LogP contribution in [0.3, 0.4) is 0 Å². The van der Waals surface area contributed by atoms with Crippen molar-refractivity contribution in [2.45, 2.75) is 4.90 Å². The van der Waals surface area contributed by atoms with E-state index in [4.69, 9.17) is 11.6 Å². The molecule has 0 heterocycles. The summed E-state index contributed by atoms with van der Waals surface area (Å²) < 4.78 is 32.0. The van der Waals surface area contributed by atoms with E-state index in [0.717, 1.165) is 0 Å². The summed E-state index contributed by atoms with van der Waals surface area (Å²) in [5, 5.41) is 0.148. The predicted molar refractivity (Wildman–Crippen MR) is 98.1 cm³/mol. The number of esters is 1. The van der Waals surface area contributed by atoms with E-state index in [0.29, 0.717) is 0 Å². The van der Waals surface area contributed by atoms with Crippen LogP contribution < -0.4 is 4.72 Å². The Balaban J connectivity index is 2.33. The zero-order valence-corrected chi connectivity index (χ0v) is 15.9. The molecular weight excluding hydrogens is 380 g/mol. The third-order valence-electron chi connectivity index (χ3n) is 3.45. The molecule has 0 aliphatic heterocycles. The van der Waals surface area contributed by atoms with Gasteiger partial charge in [-0.2, -0.15) is 0 Å². The lowest BCUT2D eigenvalue weighted by Crippen LogP contribution is -2.22. The van der Waals surface area contributed by atoms with Gasteiger partial charge in [0.2, 0.25) is 0 Å². The first-order valence-electron chi connectivity index (χ1n) is 7.38. The highest BCUT2D eigenvalue weighted by Gasteiger charge is 2.18. The molecule has 0 aliphatic rings. The van der Waals surface area contributed by atoms with Gasteiger partial charge >= 0.3 is 5.97 Å². The van der Waals surface area contributed by atoms with Crippen molar-refractivity contribution in [3.8, 4) is 0 Å². The molecule has 138 valence electrons. The smallest absolute Gasteiger partial charge is 0.337 e. The lowest BCUT2D eigenvalue weighted by atomic mass is 10.2. The molecule has 26 heavy (non-hydrogen) atoms. The second-order valence-corrected chi connectivity index (χ2v) is 7.61. The monoisotopic (exact) mass is 396 g/mol. The molecule has 0 aromatic heterocycles. The maximum absolute atomic E-state index is 12.5. The van der Waals surface area contributed by atoms with Gasteiger partial charge in [-0.15, -0.1) is 0 Å². The number of rotatable bonds is 5. The van der Waals surface area contributed by atoms with E-state index in [2.05, 4.69) is 9.46 Å². The lowest BCUT2D eigenvalue weighted by Gasteiger charge is -2.14. The molecule has 0 fully saturated rings. The predicted octanol–water partition coefficient (Wildman–Crippen LogP) is 2.63. The number of hydrogen-bond acceptors (Lipinski definition) is 5. The zero-order valence-electron chi connectivity index (χ0n) is 14.3. The fourth-order valence-electron chi connectivity index (χ4n) is 2.09. The maximum Gasteiger partial charge on any atom is 0.337 e. The summed E-state index contributed by atoms with van der Waals surface area (Å²) in [5.41, 5.74) is 0.595. The molecule has 0 radical (unpaired) electrons. The summed E-state index contributed by atoms with van der Waals surface area (Å²) in [4.78, 5) is 24.8. The van der Waals surface area contributed by atoms with Crippen molar-refractivity contribution >= 4 is 39.2 Å². The number of carbonyl (C=O) groups excluding carboxylic acids is 2. The van der Waals surface area contributed by atoms with Gasteiger partial charge < -0.3 is 9.64 Å². The average Bonchev–Trinajstić information content (AvgIpc) is 2.62. The molecule has 0 saturated heterocycles. The average molecular weight is 397 g/mol. The van der Waals surface area contributed by atoms with Crippen LogP contribution in [-0.2, 0) is 14.8 Å². The van der Waals surface area contributed by atoms with Crippen molar-refractivity contribution in [3.63, 3.8) is 0 Å². The van der Waals surface area contributed by atoms with E-state index in [1.54, 1.807) is 14.1 Å². The van der Waals surface area contributed by atoms with Gasteiger partial charge in [-0.1, -0.05) is 11.6 Å². The normalized spacial score (nSPS) is 10.9. The van der Waals surface area contributed by atoms with Crippen molar-refractivity contribution in [1.29, 1.82) is 0 Å². The number of amides is 1. The number of methoxy groups -OCH3 is 1. The van der Waals surface area contributed by atoms with E-state index in [1.807, 2.05) is 0 Å². The highest BCUT2D eigenvalue weighted by Crippen LogP contribution is 2.26. The standard InChI is InChI=1S/C17H17ClN2O5S/c1-20(2)16(21)12-6-9-14(18)15(10-12)19-26(23,24)13-7-4-11(5-8-13)17(22)25-3/h4-10,19H,1-3H3. The topological polar surface area (TPSA) is 92.8 Å². The second kappa shape index (κ2) is 7.76. The molecule has 1 amide bonds. The van der Waals surface area contributed by atoms with Crippen LogP contribution in [0.1, 0.15) is 20.7 Å². The van der Waals surface area contributed by atoms with Crippen LogP contribution >= 0.6 is 11.6 Å². The quantitative estimate of drug-likeness (QED) is 0.784. The van der Waals surface area contributed by atoms with Crippen LogP contribution in [0.25, 0.3) is 0 Å². The summed E-state index contributed by atoms with van der Waals surface area (Å²) >= 11 is 6.05. The van der Waals surface area contributed by atoms with Gasteiger partial charge in [-0.25, -0.2) is 13.2 Å². The van der Waals surface area contributed by atoms with Gasteiger partial charge in [0.25, 0.3) is 15.9 Å². The second-order valence-electron chi connectivity index (χ2n) is 5.52. The van der Waals surface area contributed by atoms with E-state index in [-0.39, 0.29) is 32.6 Å². The number of halogens is 1. The van der Waals surface area contributed by atoms with Crippen molar-refractivity contribution in [2.24, 2.45) is 0 Å². The Labute approximate surface area is 156 Å². The Hall–Kier alpha value is -2.58. The van der Waals surface area contributed by atoms with E-state index in [1.165, 1.54) is 54.5 Å². The molecule has 0 saturated carbocycles. The summed E-state index contributed by atoms with van der Waals surface area (Å²) in [5.74, 6) is -0.857. The van der Waals surface area contributed by atoms with Crippen LogP contribution in [0.5, 0.6) is 0 Å². The molecule has 0 unspecified atom stereocenters. The Kier molecular flexibility index (Phi) is 5.89. The van der Waals surface area contributed by atoms with Crippen LogP contribution in [0, 0.1) is 0 Å². The molecule has 1 N–H and O–H groups in total. The van der Waals surface area contributed by atoms with Crippen molar-refractivity contribution < 1.29 is 22.7 Å². The number of carbonyl (C=O) groups is 2. The minimum atomic E-state index is -3.96. The van der Waals surface area contributed by atoms with Crippen molar-refractivity contribution in [1.82, 2.24) is 4.90 Å². The first kappa shape index (κ1) is 19.7. The van der Waals surface area contributed by atoms with Gasteiger partial charge in [-0.3, -0.25) is 9.52 Å². The summed E-state index contributed by atoms with van der Waals surface area (Å²) in [6.45, 7) is 0. The summed E-state index contributed by atoms with van der Waals surface area (Å²) in [7, 11) is 0.449. The first-order chi connectivity index (χ1) is 12.2. The zero-order chi connectivity index (χ0) is 19.5. The van der Waals surface area contributed by atoms with Crippen LogP contribution in [0.15, 0.2) is 47.4 Å². The number of anilines is 1. The molecular formula is C17H17ClN2O5S. The molecule has 0 atom stereocenters. The number of sulfonamides is 1. The van der Waals surface area contributed by atoms with Crippen molar-refractivity contribution in [3.05, 3.63) is 58.6 Å². The Morgan fingerprint density at radius 3 is 2.15 bits per heavy atom. The van der Waals surface area contributed by atoms with Gasteiger partial charge in [-0.05, 0) is 42.5 Å². The molecule has 0 spiro atoms. The highest BCUT2D eigenvalue weighted by molar-refractivity contribution is 7.92. The molecule has 2 aromatic carbocycles. The Morgan fingerprint density at radius 1 is 1.04 bits per heavy atom. The Morgan fingerprint density at radius 2 is 1.62 bits per heavy atom. The summed E-state index contributed by atoms with van der Waals surface area (Å²) in [6, 6.07) is 9.55. The molecule has 9 heteroatoms. The molecule has 2 aromatic rings. The van der Waals surface area contributed by atoms with Crippen molar-refractivity contribution in [2.75, 3.05) is 25.9 Å². The van der Waals surface area contributed by atoms with Crippen LogP contribution in [0.4, 0.5) is 5.69 Å². The first-order valence-corrected chi connectivity index (χ1v) is 9.24. The van der Waals surface area contributed by atoms with Crippen LogP contribution in [-0.4, -0.2) is 46.4 Å². The van der Waals surface area contributed by atoms with Gasteiger partial charge in [0.05, 0.1) is 28.3 Å². The van der Waals surface area contributed by atoms with Gasteiger partial charge in [0.15, 0.2) is 0 Å². The number of ether oxygens (including phenoxy) is 1. The number of benzene rings is 2. The minimum Gasteiger partial charge on any atom is -0.465 e. The number of nitrogens with zero attached hydrogens (tertiary/aromatic N) is 1. The largest absolute Gasteiger partial charge is 0.465 e. The van der Waals surface area contributed by atoms with E-state index >= 15 is 0 Å². The Bertz CT molecular complexity index is 940. The molecule has 7 nitrogen and oxygen atoms in total. The SMILES string of the molecule is COC(=O)c1ccc(S(=O)(=O)Nc2cc(C(=O)N(C)C)ccc2Cl)cc1. The fraction of sp³-hybridized carbons (Fsp3) is 0.176. The fourth-order valence-corrected chi connectivity index (χ4v) is 3.38. The van der Waals surface area contributed by atoms with E-state index in [9.17, 15) is 18.0 Å². The summed E-state index contributed by atoms with van der Waals surface area (Å²) in [6.07, 6.45) is 0. The third-order valence-corrected chi connectivity index (χ3v) is 5.16. The third kappa shape index (κ3) is 4.33. The lowest BCUT2D eigenvalue weighted by molar-refractivity contribution is 0.0600. The van der Waals surface area contributed by atoms with Crippen LogP contribution in [0.2, 0.25) is 5.02 Å².